The Kier molecular flexibility index (Phi) is 4.89. The summed E-state index contributed by atoms with van der Waals surface area (Å²) in [6, 6.07) is 3.20. The van der Waals surface area contributed by atoms with Crippen LogP contribution < -0.4 is 5.32 Å². The van der Waals surface area contributed by atoms with E-state index in [0.29, 0.717) is 6.42 Å². The second-order valence-corrected chi connectivity index (χ2v) is 3.62. The van der Waals surface area contributed by atoms with Gasteiger partial charge in [0.1, 0.15) is 11.6 Å². The second-order valence-electron chi connectivity index (χ2n) is 3.62. The third-order valence-corrected chi connectivity index (χ3v) is 2.24. The Hall–Kier alpha value is -1.45. The van der Waals surface area contributed by atoms with Crippen LogP contribution in [0, 0.1) is 11.6 Å². The van der Waals surface area contributed by atoms with Crippen molar-refractivity contribution < 1.29 is 13.6 Å². The quantitative estimate of drug-likeness (QED) is 0.823. The van der Waals surface area contributed by atoms with E-state index in [0.717, 1.165) is 31.0 Å². The van der Waals surface area contributed by atoms with Gasteiger partial charge in [0.2, 0.25) is 5.91 Å². The molecule has 1 amide bonds. The van der Waals surface area contributed by atoms with E-state index in [2.05, 4.69) is 5.32 Å². The molecule has 2 nitrogen and oxygen atoms in total. The first kappa shape index (κ1) is 12.6. The molecule has 0 spiro atoms. The van der Waals surface area contributed by atoms with E-state index >= 15 is 0 Å². The van der Waals surface area contributed by atoms with Crippen LogP contribution in [0.5, 0.6) is 0 Å². The van der Waals surface area contributed by atoms with Gasteiger partial charge in [0, 0.05) is 18.5 Å². The molecule has 16 heavy (non-hydrogen) atoms. The summed E-state index contributed by atoms with van der Waals surface area (Å²) in [6.45, 7) is 2.02. The number of hydrogen-bond donors (Lipinski definition) is 1. The number of unbranched alkanes of at least 4 members (excludes halogenated alkanes) is 1. The van der Waals surface area contributed by atoms with Crippen LogP contribution in [0.3, 0.4) is 0 Å². The number of benzene rings is 1. The van der Waals surface area contributed by atoms with Gasteiger partial charge in [-0.25, -0.2) is 8.78 Å². The number of halogens is 2. The predicted molar refractivity (Wildman–Crippen MR) is 57.7 cm³/mol. The number of hydrogen-bond acceptors (Lipinski definition) is 1. The number of nitrogens with one attached hydrogen (secondary N) is 1. The van der Waals surface area contributed by atoms with Gasteiger partial charge in [-0.3, -0.25) is 4.79 Å². The van der Waals surface area contributed by atoms with Crippen LogP contribution in [0.15, 0.2) is 18.2 Å². The lowest BCUT2D eigenvalue weighted by atomic mass is 10.2. The van der Waals surface area contributed by atoms with Gasteiger partial charge in [0.25, 0.3) is 0 Å². The minimum atomic E-state index is -0.503. The first-order valence-electron chi connectivity index (χ1n) is 5.34. The molecule has 1 rings (SSSR count). The summed E-state index contributed by atoms with van der Waals surface area (Å²) in [5, 5.41) is 2.56. The Morgan fingerprint density at radius 1 is 1.38 bits per heavy atom. The standard InChI is InChI=1S/C12H15F2NO/c1-2-3-4-12(16)15-8-9-7-10(13)5-6-11(9)14/h5-7H,2-4,8H2,1H3,(H,15,16). The zero-order chi connectivity index (χ0) is 12.0. The molecule has 1 N–H and O–H groups in total. The maximum atomic E-state index is 13.2. The second kappa shape index (κ2) is 6.20. The monoisotopic (exact) mass is 227 g/mol. The lowest BCUT2D eigenvalue weighted by Crippen LogP contribution is -2.22. The molecule has 0 radical (unpaired) electrons. The predicted octanol–water partition coefficient (Wildman–Crippen LogP) is 2.77. The average molecular weight is 227 g/mol. The fourth-order valence-electron chi connectivity index (χ4n) is 1.30. The molecule has 0 aliphatic carbocycles. The SMILES string of the molecule is CCCCC(=O)NCc1cc(F)ccc1F. The summed E-state index contributed by atoms with van der Waals surface area (Å²) < 4.78 is 25.9. The third kappa shape index (κ3) is 3.96. The molecule has 0 fully saturated rings. The van der Waals surface area contributed by atoms with Crippen molar-refractivity contribution in [1.29, 1.82) is 0 Å². The Labute approximate surface area is 93.7 Å². The molecule has 1 aromatic rings. The van der Waals surface area contributed by atoms with Gasteiger partial charge < -0.3 is 5.32 Å². The van der Waals surface area contributed by atoms with Crippen molar-refractivity contribution in [2.75, 3.05) is 0 Å². The zero-order valence-electron chi connectivity index (χ0n) is 9.22. The summed E-state index contributed by atoms with van der Waals surface area (Å²) in [6.07, 6.45) is 2.16. The number of amides is 1. The van der Waals surface area contributed by atoms with Gasteiger partial charge >= 0.3 is 0 Å². The molecule has 4 heteroatoms. The first-order chi connectivity index (χ1) is 7.63. The lowest BCUT2D eigenvalue weighted by Gasteiger charge is -2.06. The summed E-state index contributed by atoms with van der Waals surface area (Å²) in [5.74, 6) is -1.14. The van der Waals surface area contributed by atoms with Crippen molar-refractivity contribution >= 4 is 5.91 Å². The van der Waals surface area contributed by atoms with Crippen molar-refractivity contribution in [3.8, 4) is 0 Å². The molecule has 0 unspecified atom stereocenters. The Balaban J connectivity index is 2.47. The molecule has 88 valence electrons. The van der Waals surface area contributed by atoms with Gasteiger partial charge in [-0.1, -0.05) is 13.3 Å². The highest BCUT2D eigenvalue weighted by molar-refractivity contribution is 5.75. The zero-order valence-corrected chi connectivity index (χ0v) is 9.22. The normalized spacial score (nSPS) is 10.2. The molecular formula is C12H15F2NO. The summed E-state index contributed by atoms with van der Waals surface area (Å²) in [5.41, 5.74) is 0.171. The van der Waals surface area contributed by atoms with Crippen LogP contribution in [0.1, 0.15) is 31.7 Å². The van der Waals surface area contributed by atoms with Crippen LogP contribution in [0.4, 0.5) is 8.78 Å². The third-order valence-electron chi connectivity index (χ3n) is 2.24. The molecule has 1 aromatic carbocycles. The molecule has 0 bridgehead atoms. The van der Waals surface area contributed by atoms with Crippen LogP contribution in [0.25, 0.3) is 0 Å². The van der Waals surface area contributed by atoms with E-state index in [1.165, 1.54) is 0 Å². The molecule has 0 atom stereocenters. The van der Waals surface area contributed by atoms with E-state index < -0.39 is 11.6 Å². The minimum absolute atomic E-state index is 0.0339. The van der Waals surface area contributed by atoms with Crippen molar-refractivity contribution in [3.05, 3.63) is 35.4 Å². The van der Waals surface area contributed by atoms with Crippen LogP contribution in [-0.2, 0) is 11.3 Å². The number of carbonyl (C=O) groups excluding carboxylic acids is 1. The van der Waals surface area contributed by atoms with E-state index in [4.69, 9.17) is 0 Å². The van der Waals surface area contributed by atoms with Gasteiger partial charge in [-0.15, -0.1) is 0 Å². The highest BCUT2D eigenvalue weighted by Gasteiger charge is 2.05. The Morgan fingerprint density at radius 3 is 2.81 bits per heavy atom. The maximum absolute atomic E-state index is 13.2. The molecular weight excluding hydrogens is 212 g/mol. The topological polar surface area (TPSA) is 29.1 Å². The molecule has 0 aromatic heterocycles. The summed E-state index contributed by atoms with van der Waals surface area (Å²) in [7, 11) is 0. The number of carbonyl (C=O) groups is 1. The first-order valence-corrected chi connectivity index (χ1v) is 5.34. The van der Waals surface area contributed by atoms with Gasteiger partial charge in [0.15, 0.2) is 0 Å². The Morgan fingerprint density at radius 2 is 2.12 bits per heavy atom. The summed E-state index contributed by atoms with van der Waals surface area (Å²) >= 11 is 0. The highest BCUT2D eigenvalue weighted by Crippen LogP contribution is 2.09. The molecule has 0 aliphatic rings. The largest absolute Gasteiger partial charge is 0.352 e. The smallest absolute Gasteiger partial charge is 0.220 e. The van der Waals surface area contributed by atoms with Crippen LogP contribution in [0.2, 0.25) is 0 Å². The molecule has 0 aliphatic heterocycles. The highest BCUT2D eigenvalue weighted by atomic mass is 19.1. The van der Waals surface area contributed by atoms with E-state index in [1.807, 2.05) is 6.92 Å². The van der Waals surface area contributed by atoms with E-state index in [1.54, 1.807) is 0 Å². The van der Waals surface area contributed by atoms with Crippen molar-refractivity contribution in [2.45, 2.75) is 32.7 Å². The van der Waals surface area contributed by atoms with E-state index in [-0.39, 0.29) is 18.0 Å². The average Bonchev–Trinajstić information content (AvgIpc) is 2.27. The molecule has 0 saturated carbocycles. The van der Waals surface area contributed by atoms with Crippen LogP contribution in [-0.4, -0.2) is 5.91 Å². The van der Waals surface area contributed by atoms with Crippen LogP contribution >= 0.6 is 0 Å². The lowest BCUT2D eigenvalue weighted by molar-refractivity contribution is -0.121. The summed E-state index contributed by atoms with van der Waals surface area (Å²) in [4.78, 5) is 11.2. The van der Waals surface area contributed by atoms with Gasteiger partial charge in [0.05, 0.1) is 0 Å². The maximum Gasteiger partial charge on any atom is 0.220 e. The fourth-order valence-corrected chi connectivity index (χ4v) is 1.30. The molecule has 0 saturated heterocycles. The fraction of sp³-hybridized carbons (Fsp3) is 0.417. The Bertz CT molecular complexity index is 366. The van der Waals surface area contributed by atoms with Gasteiger partial charge in [-0.2, -0.15) is 0 Å². The van der Waals surface area contributed by atoms with Crippen molar-refractivity contribution in [3.63, 3.8) is 0 Å². The molecule has 0 heterocycles. The van der Waals surface area contributed by atoms with Crippen molar-refractivity contribution in [2.24, 2.45) is 0 Å². The number of rotatable bonds is 5. The van der Waals surface area contributed by atoms with E-state index in [9.17, 15) is 13.6 Å². The minimum Gasteiger partial charge on any atom is -0.352 e. The van der Waals surface area contributed by atoms with Crippen molar-refractivity contribution in [1.82, 2.24) is 5.32 Å². The van der Waals surface area contributed by atoms with Gasteiger partial charge in [-0.05, 0) is 24.6 Å².